The minimum Gasteiger partial charge on any atom is -0.463 e. The Kier molecular flexibility index (Phi) is 2.78. The number of aromatic nitrogens is 3. The van der Waals surface area contributed by atoms with Crippen LogP contribution in [0.25, 0.3) is 0 Å². The zero-order valence-corrected chi connectivity index (χ0v) is 7.70. The molecule has 0 saturated carbocycles. The maximum Gasteiger partial charge on any atom is 0.375 e. The maximum atomic E-state index is 12.6. The second kappa shape index (κ2) is 3.69. The monoisotopic (exact) mass is 205 g/mol. The van der Waals surface area contributed by atoms with E-state index in [1.54, 1.807) is 0 Å². The topological polar surface area (TPSA) is 57.0 Å². The fourth-order valence-corrected chi connectivity index (χ4v) is 0.892. The molecule has 0 aliphatic carbocycles. The van der Waals surface area contributed by atoms with Gasteiger partial charge in [-0.3, -0.25) is 0 Å². The van der Waals surface area contributed by atoms with Crippen molar-refractivity contribution in [3.63, 3.8) is 0 Å². The van der Waals surface area contributed by atoms with Gasteiger partial charge in [-0.05, 0) is 0 Å². The van der Waals surface area contributed by atoms with Crippen molar-refractivity contribution in [1.29, 1.82) is 0 Å². The number of carbonyl (C=O) groups is 1. The van der Waals surface area contributed by atoms with Crippen LogP contribution in [0, 0.1) is 0 Å². The van der Waals surface area contributed by atoms with Gasteiger partial charge in [0.25, 0.3) is 5.92 Å². The van der Waals surface area contributed by atoms with Crippen LogP contribution in [-0.4, -0.2) is 33.8 Å². The van der Waals surface area contributed by atoms with Gasteiger partial charge in [-0.25, -0.2) is 23.2 Å². The first-order valence-corrected chi connectivity index (χ1v) is 3.78. The minimum atomic E-state index is -2.95. The first kappa shape index (κ1) is 10.6. The molecular formula is C7H9F2N3O2. The summed E-state index contributed by atoms with van der Waals surface area (Å²) in [5.41, 5.74) is 0. The molecule has 0 unspecified atom stereocenters. The van der Waals surface area contributed by atoms with Gasteiger partial charge in [0.15, 0.2) is 0 Å². The predicted octanol–water partition coefficient (Wildman–Crippen LogP) is 0.720. The highest BCUT2D eigenvalue weighted by molar-refractivity contribution is 5.85. The highest BCUT2D eigenvalue weighted by Gasteiger charge is 2.26. The Hall–Kier alpha value is -1.53. The molecule has 0 radical (unpaired) electrons. The summed E-state index contributed by atoms with van der Waals surface area (Å²) in [6.07, 6.45) is 1.03. The standard InChI is InChI=1S/C7H9F2N3O2/c1-7(8,9)3-12-5(6(13)14-2)10-4-11-12/h4H,3H2,1-2H3. The number of hydrogen-bond donors (Lipinski definition) is 0. The van der Waals surface area contributed by atoms with E-state index in [9.17, 15) is 13.6 Å². The van der Waals surface area contributed by atoms with Crippen LogP contribution in [0.15, 0.2) is 6.33 Å². The molecule has 0 aliphatic rings. The third kappa shape index (κ3) is 2.48. The van der Waals surface area contributed by atoms with Crippen molar-refractivity contribution in [1.82, 2.24) is 14.8 Å². The number of esters is 1. The molecule has 0 bridgehead atoms. The van der Waals surface area contributed by atoms with Crippen molar-refractivity contribution in [2.75, 3.05) is 7.11 Å². The van der Waals surface area contributed by atoms with E-state index in [-0.39, 0.29) is 5.82 Å². The van der Waals surface area contributed by atoms with Gasteiger partial charge >= 0.3 is 5.97 Å². The van der Waals surface area contributed by atoms with Crippen molar-refractivity contribution >= 4 is 5.97 Å². The number of alkyl halides is 2. The summed E-state index contributed by atoms with van der Waals surface area (Å²) < 4.78 is 30.3. The SMILES string of the molecule is COC(=O)c1ncnn1CC(C)(F)F. The molecular weight excluding hydrogens is 196 g/mol. The third-order valence-electron chi connectivity index (χ3n) is 1.41. The quantitative estimate of drug-likeness (QED) is 0.682. The van der Waals surface area contributed by atoms with Gasteiger partial charge in [-0.1, -0.05) is 0 Å². The Balaban J connectivity index is 2.88. The summed E-state index contributed by atoms with van der Waals surface area (Å²) in [5.74, 6) is -3.96. The molecule has 0 amide bonds. The molecule has 0 N–H and O–H groups in total. The van der Waals surface area contributed by atoms with Crippen molar-refractivity contribution in [2.24, 2.45) is 0 Å². The van der Waals surface area contributed by atoms with Crippen LogP contribution in [0.3, 0.4) is 0 Å². The highest BCUT2D eigenvalue weighted by atomic mass is 19.3. The van der Waals surface area contributed by atoms with E-state index in [0.717, 1.165) is 25.0 Å². The van der Waals surface area contributed by atoms with Gasteiger partial charge in [-0.2, -0.15) is 5.10 Å². The number of methoxy groups -OCH3 is 1. The Bertz CT molecular complexity index is 332. The van der Waals surface area contributed by atoms with E-state index in [0.29, 0.717) is 0 Å². The number of ether oxygens (including phenoxy) is 1. The van der Waals surface area contributed by atoms with E-state index >= 15 is 0 Å². The maximum absolute atomic E-state index is 12.6. The molecule has 0 aliphatic heterocycles. The summed E-state index contributed by atoms with van der Waals surface area (Å²) in [4.78, 5) is 14.5. The first-order valence-electron chi connectivity index (χ1n) is 3.78. The van der Waals surface area contributed by atoms with E-state index in [2.05, 4.69) is 14.8 Å². The molecule has 0 atom stereocenters. The number of halogens is 2. The van der Waals surface area contributed by atoms with E-state index in [4.69, 9.17) is 0 Å². The normalized spacial score (nSPS) is 11.4. The van der Waals surface area contributed by atoms with Gasteiger partial charge < -0.3 is 4.74 Å². The van der Waals surface area contributed by atoms with Crippen molar-refractivity contribution in [3.8, 4) is 0 Å². The molecule has 1 aromatic rings. The van der Waals surface area contributed by atoms with E-state index in [1.807, 2.05) is 0 Å². The lowest BCUT2D eigenvalue weighted by Gasteiger charge is -2.10. The Morgan fingerprint density at radius 2 is 2.36 bits per heavy atom. The van der Waals surface area contributed by atoms with E-state index in [1.165, 1.54) is 0 Å². The van der Waals surface area contributed by atoms with E-state index < -0.39 is 18.4 Å². The molecule has 1 rings (SSSR count). The molecule has 1 heterocycles. The van der Waals surface area contributed by atoms with Crippen molar-refractivity contribution < 1.29 is 18.3 Å². The molecule has 14 heavy (non-hydrogen) atoms. The Morgan fingerprint density at radius 1 is 1.71 bits per heavy atom. The van der Waals surface area contributed by atoms with Gasteiger partial charge in [0.1, 0.15) is 12.9 Å². The van der Waals surface area contributed by atoms with Gasteiger partial charge in [0.05, 0.1) is 7.11 Å². The average molecular weight is 205 g/mol. The fourth-order valence-electron chi connectivity index (χ4n) is 0.892. The molecule has 7 heteroatoms. The van der Waals surface area contributed by atoms with Crippen LogP contribution in [0.4, 0.5) is 8.78 Å². The summed E-state index contributed by atoms with van der Waals surface area (Å²) in [7, 11) is 1.14. The van der Waals surface area contributed by atoms with Crippen LogP contribution in [0.1, 0.15) is 17.5 Å². The molecule has 0 aromatic carbocycles. The highest BCUT2D eigenvalue weighted by Crippen LogP contribution is 2.14. The number of hydrogen-bond acceptors (Lipinski definition) is 4. The summed E-state index contributed by atoms with van der Waals surface area (Å²) in [6.45, 7) is 0.0349. The molecule has 0 fully saturated rings. The van der Waals surface area contributed by atoms with Gasteiger partial charge in [-0.15, -0.1) is 0 Å². The number of nitrogens with zero attached hydrogens (tertiary/aromatic N) is 3. The van der Waals surface area contributed by atoms with Crippen LogP contribution in [-0.2, 0) is 11.3 Å². The minimum absolute atomic E-state index is 0.228. The zero-order chi connectivity index (χ0) is 10.8. The number of rotatable bonds is 3. The lowest BCUT2D eigenvalue weighted by molar-refractivity contribution is -0.000814. The largest absolute Gasteiger partial charge is 0.463 e. The summed E-state index contributed by atoms with van der Waals surface area (Å²) >= 11 is 0. The van der Waals surface area contributed by atoms with Gasteiger partial charge in [0, 0.05) is 6.92 Å². The van der Waals surface area contributed by atoms with Crippen LogP contribution < -0.4 is 0 Å². The molecule has 0 spiro atoms. The lowest BCUT2D eigenvalue weighted by Crippen LogP contribution is -2.24. The Morgan fingerprint density at radius 3 is 2.86 bits per heavy atom. The smallest absolute Gasteiger partial charge is 0.375 e. The predicted molar refractivity (Wildman–Crippen MR) is 42.0 cm³/mol. The zero-order valence-electron chi connectivity index (χ0n) is 7.70. The molecule has 1 aromatic heterocycles. The van der Waals surface area contributed by atoms with Crippen LogP contribution >= 0.6 is 0 Å². The lowest BCUT2D eigenvalue weighted by atomic mass is 10.4. The van der Waals surface area contributed by atoms with Crippen molar-refractivity contribution in [3.05, 3.63) is 12.2 Å². The van der Waals surface area contributed by atoms with Crippen LogP contribution in [0.5, 0.6) is 0 Å². The molecule has 0 saturated heterocycles. The van der Waals surface area contributed by atoms with Crippen LogP contribution in [0.2, 0.25) is 0 Å². The second-order valence-electron chi connectivity index (χ2n) is 2.80. The molecule has 5 nitrogen and oxygen atoms in total. The summed E-state index contributed by atoms with van der Waals surface area (Å²) in [6, 6.07) is 0. The first-order chi connectivity index (χ1) is 6.44. The fraction of sp³-hybridized carbons (Fsp3) is 0.571. The Labute approximate surface area is 78.7 Å². The molecule has 78 valence electrons. The number of carbonyl (C=O) groups excluding carboxylic acids is 1. The van der Waals surface area contributed by atoms with Gasteiger partial charge in [0.2, 0.25) is 5.82 Å². The average Bonchev–Trinajstić information content (AvgIpc) is 2.48. The third-order valence-corrected chi connectivity index (χ3v) is 1.41. The van der Waals surface area contributed by atoms with Crippen molar-refractivity contribution in [2.45, 2.75) is 19.4 Å². The second-order valence-corrected chi connectivity index (χ2v) is 2.80. The summed E-state index contributed by atoms with van der Waals surface area (Å²) in [5, 5.41) is 3.50.